The monoisotopic (exact) mass is 495 g/mol. The van der Waals surface area contributed by atoms with Crippen molar-refractivity contribution in [1.82, 2.24) is 4.90 Å². The molecule has 0 aromatic heterocycles. The van der Waals surface area contributed by atoms with Gasteiger partial charge in [0, 0.05) is 19.2 Å². The zero-order valence-electron chi connectivity index (χ0n) is 21.0. The van der Waals surface area contributed by atoms with Crippen molar-refractivity contribution in [2.45, 2.75) is 26.3 Å². The molecule has 1 heterocycles. The van der Waals surface area contributed by atoms with Crippen molar-refractivity contribution in [3.63, 3.8) is 0 Å². The second kappa shape index (κ2) is 12.8. The van der Waals surface area contributed by atoms with Crippen LogP contribution in [0.1, 0.15) is 37.4 Å². The van der Waals surface area contributed by atoms with Gasteiger partial charge in [-0.2, -0.15) is 0 Å². The van der Waals surface area contributed by atoms with Crippen LogP contribution in [-0.2, 0) is 14.3 Å². The normalized spacial score (nSPS) is 16.8. The molecule has 1 saturated heterocycles. The Morgan fingerprint density at radius 3 is 2.42 bits per heavy atom. The maximum atomic E-state index is 13.2. The molecule has 0 saturated carbocycles. The number of nitrogens with zero attached hydrogens (tertiary/aromatic N) is 1. The number of amides is 1. The molecule has 0 bridgehead atoms. The van der Waals surface area contributed by atoms with E-state index in [1.807, 2.05) is 13.8 Å². The Kier molecular flexibility index (Phi) is 9.53. The molecule has 36 heavy (non-hydrogen) atoms. The van der Waals surface area contributed by atoms with E-state index >= 15 is 0 Å². The molecule has 1 aliphatic heterocycles. The van der Waals surface area contributed by atoms with Crippen LogP contribution in [0.15, 0.2) is 60.7 Å². The Morgan fingerprint density at radius 2 is 1.78 bits per heavy atom. The minimum absolute atomic E-state index is 0.000498. The van der Waals surface area contributed by atoms with E-state index in [9.17, 15) is 14.7 Å². The molecule has 2 aromatic rings. The molecule has 1 amide bonds. The molecule has 1 N–H and O–H groups in total. The third-order valence-corrected chi connectivity index (χ3v) is 5.62. The van der Waals surface area contributed by atoms with Gasteiger partial charge < -0.3 is 29.0 Å². The average Bonchev–Trinajstić information content (AvgIpc) is 3.15. The summed E-state index contributed by atoms with van der Waals surface area (Å²) in [4.78, 5) is 27.6. The largest absolute Gasteiger partial charge is 0.507 e. The van der Waals surface area contributed by atoms with Crippen LogP contribution in [0.4, 0.5) is 0 Å². The van der Waals surface area contributed by atoms with Crippen molar-refractivity contribution in [2.75, 3.05) is 40.1 Å². The summed E-state index contributed by atoms with van der Waals surface area (Å²) in [6.45, 7) is 9.19. The quantitative estimate of drug-likeness (QED) is 0.189. The first-order valence-electron chi connectivity index (χ1n) is 12.0. The molecule has 2 aromatic carbocycles. The number of benzene rings is 2. The van der Waals surface area contributed by atoms with Gasteiger partial charge in [-0.05, 0) is 55.3 Å². The standard InChI is InChI=1S/C28H33NO7/c1-5-15-35-21-11-8-19(9-12-21)26(30)24-25(29(14-17-33-4)28(32)27(24)31)20-10-13-22(36-16-6-2)23(18-20)34-7-3/h6,8-13,18,25,30H,2,5,7,14-17H2,1,3-4H3. The summed E-state index contributed by atoms with van der Waals surface area (Å²) in [6.07, 6.45) is 2.50. The lowest BCUT2D eigenvalue weighted by atomic mass is 9.95. The van der Waals surface area contributed by atoms with Crippen LogP contribution < -0.4 is 14.2 Å². The highest BCUT2D eigenvalue weighted by Gasteiger charge is 2.46. The van der Waals surface area contributed by atoms with Crippen LogP contribution in [0.5, 0.6) is 17.2 Å². The van der Waals surface area contributed by atoms with Crippen molar-refractivity contribution in [3.8, 4) is 17.2 Å². The SMILES string of the molecule is C=CCOc1ccc(C2C(=C(O)c3ccc(OCCC)cc3)C(=O)C(=O)N2CCOC)cc1OCC. The number of carbonyl (C=O) groups excluding carboxylic acids is 2. The number of hydrogen-bond acceptors (Lipinski definition) is 7. The average molecular weight is 496 g/mol. The third kappa shape index (κ3) is 5.88. The number of ether oxygens (including phenoxy) is 4. The zero-order chi connectivity index (χ0) is 26.1. The number of methoxy groups -OCH3 is 1. The van der Waals surface area contributed by atoms with E-state index in [1.54, 1.807) is 48.5 Å². The minimum Gasteiger partial charge on any atom is -0.507 e. The third-order valence-electron chi connectivity index (χ3n) is 5.62. The number of ketones is 1. The predicted molar refractivity (Wildman–Crippen MR) is 136 cm³/mol. The molecule has 8 heteroatoms. The van der Waals surface area contributed by atoms with Crippen LogP contribution in [0.25, 0.3) is 5.76 Å². The predicted octanol–water partition coefficient (Wildman–Crippen LogP) is 4.51. The second-order valence-electron chi connectivity index (χ2n) is 8.10. The van der Waals surface area contributed by atoms with Crippen molar-refractivity contribution >= 4 is 17.4 Å². The second-order valence-corrected chi connectivity index (χ2v) is 8.10. The topological polar surface area (TPSA) is 94.5 Å². The fourth-order valence-corrected chi connectivity index (χ4v) is 3.96. The lowest BCUT2D eigenvalue weighted by molar-refractivity contribution is -0.140. The Hall–Kier alpha value is -3.78. The number of aliphatic hydroxyl groups excluding tert-OH is 1. The first kappa shape index (κ1) is 26.8. The van der Waals surface area contributed by atoms with Gasteiger partial charge in [0.25, 0.3) is 11.7 Å². The fraction of sp³-hybridized carbons (Fsp3) is 0.357. The maximum absolute atomic E-state index is 13.2. The number of carbonyl (C=O) groups is 2. The maximum Gasteiger partial charge on any atom is 0.295 e. The lowest BCUT2D eigenvalue weighted by Gasteiger charge is -2.26. The molecule has 192 valence electrons. The van der Waals surface area contributed by atoms with Crippen LogP contribution >= 0.6 is 0 Å². The van der Waals surface area contributed by atoms with Crippen molar-refractivity contribution < 1.29 is 33.6 Å². The molecule has 3 rings (SSSR count). The number of aliphatic hydroxyl groups is 1. The fourth-order valence-electron chi connectivity index (χ4n) is 3.96. The number of rotatable bonds is 13. The minimum atomic E-state index is -0.830. The molecule has 0 radical (unpaired) electrons. The number of Topliss-reactive ketones (excluding diaryl/α,β-unsaturated/α-hetero) is 1. The molecular formula is C28H33NO7. The van der Waals surface area contributed by atoms with Gasteiger partial charge in [0.1, 0.15) is 18.1 Å². The summed E-state index contributed by atoms with van der Waals surface area (Å²) < 4.78 is 22.2. The summed E-state index contributed by atoms with van der Waals surface area (Å²) in [5, 5.41) is 11.2. The van der Waals surface area contributed by atoms with E-state index in [-0.39, 0.29) is 24.5 Å². The first-order valence-corrected chi connectivity index (χ1v) is 12.0. The van der Waals surface area contributed by atoms with E-state index < -0.39 is 17.7 Å². The summed E-state index contributed by atoms with van der Waals surface area (Å²) in [5.74, 6) is -0.0906. The van der Waals surface area contributed by atoms with Crippen LogP contribution in [0.2, 0.25) is 0 Å². The molecule has 0 spiro atoms. The Balaban J connectivity index is 2.10. The van der Waals surface area contributed by atoms with Crippen LogP contribution in [0, 0.1) is 0 Å². The highest BCUT2D eigenvalue weighted by Crippen LogP contribution is 2.42. The smallest absolute Gasteiger partial charge is 0.295 e. The van der Waals surface area contributed by atoms with E-state index in [4.69, 9.17) is 18.9 Å². The first-order chi connectivity index (χ1) is 17.5. The van der Waals surface area contributed by atoms with Gasteiger partial charge in [-0.25, -0.2) is 0 Å². The molecule has 0 aliphatic carbocycles. The molecule has 1 atom stereocenters. The van der Waals surface area contributed by atoms with Gasteiger partial charge in [-0.3, -0.25) is 9.59 Å². The van der Waals surface area contributed by atoms with Gasteiger partial charge in [0.05, 0.1) is 31.4 Å². The Morgan fingerprint density at radius 1 is 1.03 bits per heavy atom. The van der Waals surface area contributed by atoms with Crippen molar-refractivity contribution in [3.05, 3.63) is 71.8 Å². The van der Waals surface area contributed by atoms with E-state index in [0.717, 1.165) is 6.42 Å². The summed E-state index contributed by atoms with van der Waals surface area (Å²) in [6, 6.07) is 11.2. The molecular weight excluding hydrogens is 462 g/mol. The van der Waals surface area contributed by atoms with E-state index in [0.29, 0.717) is 48.2 Å². The van der Waals surface area contributed by atoms with Gasteiger partial charge >= 0.3 is 0 Å². The van der Waals surface area contributed by atoms with Crippen LogP contribution in [-0.4, -0.2) is 61.8 Å². The Labute approximate surface area is 211 Å². The van der Waals surface area contributed by atoms with Gasteiger partial charge in [-0.1, -0.05) is 25.6 Å². The molecule has 1 aliphatic rings. The highest BCUT2D eigenvalue weighted by molar-refractivity contribution is 6.46. The summed E-state index contributed by atoms with van der Waals surface area (Å²) in [5.41, 5.74) is 1.01. The number of hydrogen-bond donors (Lipinski definition) is 1. The molecule has 1 unspecified atom stereocenters. The molecule has 8 nitrogen and oxygen atoms in total. The van der Waals surface area contributed by atoms with Gasteiger partial charge in [-0.15, -0.1) is 0 Å². The van der Waals surface area contributed by atoms with E-state index in [2.05, 4.69) is 6.58 Å². The van der Waals surface area contributed by atoms with Crippen molar-refractivity contribution in [1.29, 1.82) is 0 Å². The van der Waals surface area contributed by atoms with Gasteiger partial charge in [0.15, 0.2) is 11.5 Å². The lowest BCUT2D eigenvalue weighted by Crippen LogP contribution is -2.32. The summed E-state index contributed by atoms with van der Waals surface area (Å²) in [7, 11) is 1.52. The van der Waals surface area contributed by atoms with Crippen LogP contribution in [0.3, 0.4) is 0 Å². The van der Waals surface area contributed by atoms with Gasteiger partial charge in [0.2, 0.25) is 0 Å². The van der Waals surface area contributed by atoms with Crippen molar-refractivity contribution in [2.24, 2.45) is 0 Å². The number of likely N-dealkylation sites (tertiary alicyclic amines) is 1. The summed E-state index contributed by atoms with van der Waals surface area (Å²) >= 11 is 0. The molecule has 1 fully saturated rings. The van der Waals surface area contributed by atoms with E-state index in [1.165, 1.54) is 12.0 Å². The Bertz CT molecular complexity index is 1110. The highest BCUT2D eigenvalue weighted by atomic mass is 16.5. The zero-order valence-corrected chi connectivity index (χ0v) is 21.0.